The van der Waals surface area contributed by atoms with Gasteiger partial charge in [-0.3, -0.25) is 0 Å². The lowest BCUT2D eigenvalue weighted by Crippen LogP contribution is -1.98. The van der Waals surface area contributed by atoms with Gasteiger partial charge in [-0.15, -0.1) is 10.2 Å². The van der Waals surface area contributed by atoms with E-state index < -0.39 is 0 Å². The lowest BCUT2D eigenvalue weighted by Gasteiger charge is -2.09. The van der Waals surface area contributed by atoms with Gasteiger partial charge in [0.15, 0.2) is 5.82 Å². The molecule has 0 aliphatic carbocycles. The summed E-state index contributed by atoms with van der Waals surface area (Å²) in [5.41, 5.74) is 9.24. The molecule has 1 aromatic heterocycles. The molecule has 21 heavy (non-hydrogen) atoms. The SMILES string of the molecule is CC(C)Cc1cccc(-c2nnc(N)c3ccccc23)c1. The fraction of sp³-hybridized carbons (Fsp3) is 0.222. The van der Waals surface area contributed by atoms with Gasteiger partial charge in [0.2, 0.25) is 0 Å². The summed E-state index contributed by atoms with van der Waals surface area (Å²) in [7, 11) is 0. The minimum Gasteiger partial charge on any atom is -0.382 e. The number of nitrogen functional groups attached to an aromatic ring is 1. The van der Waals surface area contributed by atoms with Crippen LogP contribution in [0.3, 0.4) is 0 Å². The van der Waals surface area contributed by atoms with Gasteiger partial charge < -0.3 is 5.73 Å². The number of aromatic nitrogens is 2. The van der Waals surface area contributed by atoms with Gasteiger partial charge in [0, 0.05) is 16.3 Å². The third kappa shape index (κ3) is 2.72. The Labute approximate surface area is 124 Å². The van der Waals surface area contributed by atoms with Crippen molar-refractivity contribution in [2.24, 2.45) is 5.92 Å². The Hall–Kier alpha value is -2.42. The number of nitrogens with two attached hydrogens (primary N) is 1. The molecule has 3 nitrogen and oxygen atoms in total. The van der Waals surface area contributed by atoms with Crippen molar-refractivity contribution in [1.82, 2.24) is 10.2 Å². The van der Waals surface area contributed by atoms with E-state index in [2.05, 4.69) is 48.3 Å². The Balaban J connectivity index is 2.15. The summed E-state index contributed by atoms with van der Waals surface area (Å²) in [6.45, 7) is 4.45. The van der Waals surface area contributed by atoms with Gasteiger partial charge in [0.05, 0.1) is 0 Å². The second-order valence-corrected chi connectivity index (χ2v) is 5.78. The molecule has 0 fully saturated rings. The van der Waals surface area contributed by atoms with E-state index in [4.69, 9.17) is 5.73 Å². The minimum absolute atomic E-state index is 0.479. The van der Waals surface area contributed by atoms with Crippen LogP contribution in [0.5, 0.6) is 0 Å². The fourth-order valence-electron chi connectivity index (χ4n) is 2.65. The Bertz CT molecular complexity index is 778. The number of hydrogen-bond acceptors (Lipinski definition) is 3. The average Bonchev–Trinajstić information content (AvgIpc) is 2.47. The largest absolute Gasteiger partial charge is 0.382 e. The summed E-state index contributed by atoms with van der Waals surface area (Å²) in [5, 5.41) is 10.4. The maximum atomic E-state index is 5.93. The zero-order chi connectivity index (χ0) is 14.8. The van der Waals surface area contributed by atoms with Crippen molar-refractivity contribution >= 4 is 16.6 Å². The summed E-state index contributed by atoms with van der Waals surface area (Å²) in [6.07, 6.45) is 1.06. The molecule has 0 spiro atoms. The number of hydrogen-bond donors (Lipinski definition) is 1. The van der Waals surface area contributed by atoms with Gasteiger partial charge in [-0.05, 0) is 24.0 Å². The normalized spacial score (nSPS) is 11.2. The Morgan fingerprint density at radius 3 is 2.48 bits per heavy atom. The van der Waals surface area contributed by atoms with E-state index in [-0.39, 0.29) is 0 Å². The highest BCUT2D eigenvalue weighted by Crippen LogP contribution is 2.29. The van der Waals surface area contributed by atoms with Crippen molar-refractivity contribution in [3.05, 3.63) is 54.1 Å². The topological polar surface area (TPSA) is 51.8 Å². The predicted molar refractivity (Wildman–Crippen MR) is 87.9 cm³/mol. The number of anilines is 1. The first-order chi connectivity index (χ1) is 10.1. The highest BCUT2D eigenvalue weighted by Gasteiger charge is 2.09. The monoisotopic (exact) mass is 277 g/mol. The molecule has 3 aromatic rings. The van der Waals surface area contributed by atoms with Crippen LogP contribution >= 0.6 is 0 Å². The van der Waals surface area contributed by atoms with E-state index in [1.807, 2.05) is 24.3 Å². The van der Waals surface area contributed by atoms with Crippen LogP contribution in [0.1, 0.15) is 19.4 Å². The molecule has 2 N–H and O–H groups in total. The lowest BCUT2D eigenvalue weighted by atomic mass is 9.98. The first-order valence-electron chi connectivity index (χ1n) is 7.25. The summed E-state index contributed by atoms with van der Waals surface area (Å²) in [6, 6.07) is 16.5. The van der Waals surface area contributed by atoms with E-state index in [1.54, 1.807) is 0 Å². The summed E-state index contributed by atoms with van der Waals surface area (Å²) < 4.78 is 0. The molecule has 0 aliphatic heterocycles. The molecule has 0 saturated heterocycles. The highest BCUT2D eigenvalue weighted by atomic mass is 15.1. The summed E-state index contributed by atoms with van der Waals surface area (Å²) in [4.78, 5) is 0. The van der Waals surface area contributed by atoms with Gasteiger partial charge in [-0.1, -0.05) is 56.3 Å². The number of benzene rings is 2. The van der Waals surface area contributed by atoms with E-state index >= 15 is 0 Å². The van der Waals surface area contributed by atoms with Crippen LogP contribution in [-0.2, 0) is 6.42 Å². The van der Waals surface area contributed by atoms with Crippen molar-refractivity contribution in [2.45, 2.75) is 20.3 Å². The number of rotatable bonds is 3. The molecule has 0 unspecified atom stereocenters. The predicted octanol–water partition coefficient (Wildman–Crippen LogP) is 4.08. The van der Waals surface area contributed by atoms with E-state index in [0.717, 1.165) is 28.5 Å². The lowest BCUT2D eigenvalue weighted by molar-refractivity contribution is 0.647. The van der Waals surface area contributed by atoms with Crippen LogP contribution in [0.25, 0.3) is 22.0 Å². The van der Waals surface area contributed by atoms with Gasteiger partial charge in [-0.25, -0.2) is 0 Å². The van der Waals surface area contributed by atoms with Crippen LogP contribution in [0.2, 0.25) is 0 Å². The smallest absolute Gasteiger partial charge is 0.154 e. The molecule has 0 amide bonds. The number of fused-ring (bicyclic) bond motifs is 1. The quantitative estimate of drug-likeness (QED) is 0.785. The van der Waals surface area contributed by atoms with E-state index in [9.17, 15) is 0 Å². The second kappa shape index (κ2) is 5.52. The molecule has 0 bridgehead atoms. The van der Waals surface area contributed by atoms with Crippen LogP contribution in [0, 0.1) is 5.92 Å². The summed E-state index contributed by atoms with van der Waals surface area (Å²) >= 11 is 0. The Morgan fingerprint density at radius 1 is 0.952 bits per heavy atom. The molecule has 2 aromatic carbocycles. The van der Waals surface area contributed by atoms with Crippen molar-refractivity contribution < 1.29 is 0 Å². The summed E-state index contributed by atoms with van der Waals surface area (Å²) in [5.74, 6) is 1.11. The van der Waals surface area contributed by atoms with Gasteiger partial charge in [-0.2, -0.15) is 0 Å². The zero-order valence-electron chi connectivity index (χ0n) is 12.4. The molecule has 1 heterocycles. The van der Waals surface area contributed by atoms with Crippen molar-refractivity contribution in [1.29, 1.82) is 0 Å². The molecule has 3 heteroatoms. The average molecular weight is 277 g/mol. The minimum atomic E-state index is 0.479. The Morgan fingerprint density at radius 2 is 1.71 bits per heavy atom. The number of nitrogens with zero attached hydrogens (tertiary/aromatic N) is 2. The molecule has 0 atom stereocenters. The van der Waals surface area contributed by atoms with Crippen LogP contribution in [0.15, 0.2) is 48.5 Å². The molecule has 0 aliphatic rings. The third-order valence-electron chi connectivity index (χ3n) is 3.56. The maximum Gasteiger partial charge on any atom is 0.154 e. The van der Waals surface area contributed by atoms with Crippen molar-refractivity contribution in [2.75, 3.05) is 5.73 Å². The maximum absolute atomic E-state index is 5.93. The fourth-order valence-corrected chi connectivity index (χ4v) is 2.65. The molecular weight excluding hydrogens is 258 g/mol. The van der Waals surface area contributed by atoms with Crippen molar-refractivity contribution in [3.63, 3.8) is 0 Å². The van der Waals surface area contributed by atoms with Gasteiger partial charge in [0.25, 0.3) is 0 Å². The molecular formula is C18H19N3. The first-order valence-corrected chi connectivity index (χ1v) is 7.25. The van der Waals surface area contributed by atoms with Crippen LogP contribution in [-0.4, -0.2) is 10.2 Å². The highest BCUT2D eigenvalue weighted by molar-refractivity contribution is 5.99. The van der Waals surface area contributed by atoms with Crippen LogP contribution < -0.4 is 5.73 Å². The van der Waals surface area contributed by atoms with E-state index in [1.165, 1.54) is 5.56 Å². The molecule has 106 valence electrons. The molecule has 0 saturated carbocycles. The van der Waals surface area contributed by atoms with Crippen LogP contribution in [0.4, 0.5) is 5.82 Å². The second-order valence-electron chi connectivity index (χ2n) is 5.78. The zero-order valence-corrected chi connectivity index (χ0v) is 12.4. The Kier molecular flexibility index (Phi) is 3.57. The van der Waals surface area contributed by atoms with Gasteiger partial charge >= 0.3 is 0 Å². The van der Waals surface area contributed by atoms with Crippen molar-refractivity contribution in [3.8, 4) is 11.3 Å². The first kappa shape index (κ1) is 13.6. The third-order valence-corrected chi connectivity index (χ3v) is 3.56. The van der Waals surface area contributed by atoms with Gasteiger partial charge in [0.1, 0.15) is 5.69 Å². The molecule has 0 radical (unpaired) electrons. The molecule has 3 rings (SSSR count). The van der Waals surface area contributed by atoms with E-state index in [0.29, 0.717) is 11.7 Å². The standard InChI is InChI=1S/C18H19N3/c1-12(2)10-13-6-5-7-14(11-13)17-15-8-3-4-9-16(15)18(19)21-20-17/h3-9,11-12H,10H2,1-2H3,(H2,19,21).